The van der Waals surface area contributed by atoms with Crippen LogP contribution in [0.1, 0.15) is 32.8 Å². The molecule has 8 nitrogen and oxygen atoms in total. The second kappa shape index (κ2) is 8.53. The van der Waals surface area contributed by atoms with Gasteiger partial charge >= 0.3 is 6.09 Å². The largest absolute Gasteiger partial charge is 0.486 e. The average Bonchev–Trinajstić information content (AvgIpc) is 2.68. The van der Waals surface area contributed by atoms with E-state index in [1.165, 1.54) is 11.1 Å². The summed E-state index contributed by atoms with van der Waals surface area (Å²) in [5.74, 6) is 0.407. The number of rotatable bonds is 3. The first-order valence-electron chi connectivity index (χ1n) is 9.58. The van der Waals surface area contributed by atoms with Crippen LogP contribution in [0.15, 0.2) is 30.5 Å². The Morgan fingerprint density at radius 3 is 2.77 bits per heavy atom. The maximum Gasteiger partial charge on any atom is 0.410 e. The van der Waals surface area contributed by atoms with Gasteiger partial charge in [-0.15, -0.1) is 0 Å². The monoisotopic (exact) mass is 413 g/mol. The summed E-state index contributed by atoms with van der Waals surface area (Å²) in [6.07, 6.45) is -0.902. The Balaban J connectivity index is 1.69. The van der Waals surface area contributed by atoms with Gasteiger partial charge in [-0.1, -0.05) is 0 Å². The van der Waals surface area contributed by atoms with E-state index in [1.807, 2.05) is 0 Å². The van der Waals surface area contributed by atoms with Gasteiger partial charge in [0, 0.05) is 24.7 Å². The van der Waals surface area contributed by atoms with E-state index in [0.717, 1.165) is 0 Å². The highest BCUT2D eigenvalue weighted by Gasteiger charge is 2.35. The van der Waals surface area contributed by atoms with Gasteiger partial charge in [0.05, 0.1) is 17.8 Å². The maximum absolute atomic E-state index is 14.7. The molecule has 2 aromatic rings. The number of hydrogen-bond donors (Lipinski definition) is 1. The van der Waals surface area contributed by atoms with Crippen molar-refractivity contribution in [3.8, 4) is 23.1 Å². The number of nitrogens with zero attached hydrogens (tertiary/aromatic N) is 4. The Morgan fingerprint density at radius 2 is 2.13 bits per heavy atom. The Morgan fingerprint density at radius 1 is 1.37 bits per heavy atom. The molecule has 0 aliphatic carbocycles. The van der Waals surface area contributed by atoms with Gasteiger partial charge in [-0.05, 0) is 45.0 Å². The Kier molecular flexibility index (Phi) is 6.06. The Hall–Kier alpha value is -3.41. The standard InChI is InChI=1S/C21H24FN5O3/c1-21(2,3)30-20(28)27-9-7-18(15(22)12-27)29-17-5-4-13(10-14(17)11-23)16-6-8-25-19(24)26-16/h4-6,8,10,15,18H,7,9,12H2,1-3H3,(H2,24,25,26)/t15-,18+/m1/s1. The molecular formula is C21H24FN5O3. The molecule has 0 spiro atoms. The smallest absolute Gasteiger partial charge is 0.410 e. The number of nitriles is 1. The topological polar surface area (TPSA) is 114 Å². The lowest BCUT2D eigenvalue weighted by molar-refractivity contribution is -0.0106. The van der Waals surface area contributed by atoms with Gasteiger partial charge in [-0.25, -0.2) is 19.2 Å². The number of ether oxygens (including phenoxy) is 2. The summed E-state index contributed by atoms with van der Waals surface area (Å²) in [5, 5.41) is 9.51. The van der Waals surface area contributed by atoms with Crippen LogP contribution in [-0.4, -0.2) is 51.9 Å². The van der Waals surface area contributed by atoms with Crippen LogP contribution in [0.2, 0.25) is 0 Å². The minimum Gasteiger partial charge on any atom is -0.486 e. The minimum absolute atomic E-state index is 0.125. The van der Waals surface area contributed by atoms with E-state index in [1.54, 1.807) is 45.0 Å². The van der Waals surface area contributed by atoms with E-state index in [0.29, 0.717) is 17.8 Å². The predicted molar refractivity (Wildman–Crippen MR) is 108 cm³/mol. The molecule has 158 valence electrons. The minimum atomic E-state index is -1.40. The quantitative estimate of drug-likeness (QED) is 0.821. The van der Waals surface area contributed by atoms with Gasteiger partial charge in [0.25, 0.3) is 0 Å². The summed E-state index contributed by atoms with van der Waals surface area (Å²) < 4.78 is 25.8. The molecule has 1 saturated heterocycles. The van der Waals surface area contributed by atoms with Gasteiger partial charge in [0.1, 0.15) is 23.5 Å². The number of benzene rings is 1. The fraction of sp³-hybridized carbons (Fsp3) is 0.429. The van der Waals surface area contributed by atoms with Gasteiger partial charge < -0.3 is 20.1 Å². The van der Waals surface area contributed by atoms with Crippen LogP contribution in [-0.2, 0) is 4.74 Å². The molecule has 9 heteroatoms. The highest BCUT2D eigenvalue weighted by atomic mass is 19.1. The first-order chi connectivity index (χ1) is 14.2. The molecular weight excluding hydrogens is 389 g/mol. The lowest BCUT2D eigenvalue weighted by Crippen LogP contribution is -2.50. The van der Waals surface area contributed by atoms with Crippen molar-refractivity contribution >= 4 is 12.0 Å². The van der Waals surface area contributed by atoms with E-state index in [9.17, 15) is 14.4 Å². The number of likely N-dealkylation sites (tertiary alicyclic amines) is 1. The molecule has 1 aromatic heterocycles. The van der Waals surface area contributed by atoms with Crippen LogP contribution < -0.4 is 10.5 Å². The molecule has 0 unspecified atom stereocenters. The summed E-state index contributed by atoms with van der Waals surface area (Å²) in [4.78, 5) is 21.5. The van der Waals surface area contributed by atoms with Crippen molar-refractivity contribution in [1.82, 2.24) is 14.9 Å². The van der Waals surface area contributed by atoms with E-state index >= 15 is 0 Å². The number of anilines is 1. The Labute approximate surface area is 174 Å². The summed E-state index contributed by atoms with van der Waals surface area (Å²) >= 11 is 0. The summed E-state index contributed by atoms with van der Waals surface area (Å²) in [6, 6.07) is 8.69. The lowest BCUT2D eigenvalue weighted by atomic mass is 10.0. The molecule has 0 bridgehead atoms. The van der Waals surface area contributed by atoms with Crippen LogP contribution >= 0.6 is 0 Å². The number of carbonyl (C=O) groups is 1. The molecule has 1 aliphatic heterocycles. The first kappa shape index (κ1) is 21.3. The van der Waals surface area contributed by atoms with Gasteiger partial charge in [-0.2, -0.15) is 5.26 Å². The molecule has 2 N–H and O–H groups in total. The van der Waals surface area contributed by atoms with Crippen molar-refractivity contribution in [3.05, 3.63) is 36.0 Å². The van der Waals surface area contributed by atoms with Crippen molar-refractivity contribution in [2.24, 2.45) is 0 Å². The number of amides is 1. The number of nitrogen functional groups attached to an aromatic ring is 1. The van der Waals surface area contributed by atoms with Crippen LogP contribution in [0.3, 0.4) is 0 Å². The highest BCUT2D eigenvalue weighted by molar-refractivity contribution is 5.68. The number of hydrogen-bond acceptors (Lipinski definition) is 7. The second-order valence-electron chi connectivity index (χ2n) is 8.01. The van der Waals surface area contributed by atoms with E-state index in [-0.39, 0.29) is 30.2 Å². The molecule has 2 atom stereocenters. The number of piperidine rings is 1. The zero-order valence-corrected chi connectivity index (χ0v) is 17.1. The summed E-state index contributed by atoms with van der Waals surface area (Å²) in [6.45, 7) is 5.46. The molecule has 1 fully saturated rings. The third-order valence-corrected chi connectivity index (χ3v) is 4.48. The van der Waals surface area contributed by atoms with E-state index in [2.05, 4.69) is 16.0 Å². The van der Waals surface area contributed by atoms with Crippen LogP contribution in [0.25, 0.3) is 11.3 Å². The van der Waals surface area contributed by atoms with Crippen molar-refractivity contribution in [1.29, 1.82) is 5.26 Å². The van der Waals surface area contributed by atoms with Crippen molar-refractivity contribution in [2.45, 2.75) is 45.1 Å². The first-order valence-corrected chi connectivity index (χ1v) is 9.58. The molecule has 2 heterocycles. The van der Waals surface area contributed by atoms with Crippen molar-refractivity contribution < 1.29 is 18.7 Å². The van der Waals surface area contributed by atoms with Crippen LogP contribution in [0.4, 0.5) is 15.1 Å². The number of nitrogens with two attached hydrogens (primary N) is 1. The van der Waals surface area contributed by atoms with Crippen LogP contribution in [0, 0.1) is 11.3 Å². The summed E-state index contributed by atoms with van der Waals surface area (Å²) in [5.41, 5.74) is 6.46. The fourth-order valence-electron chi connectivity index (χ4n) is 3.09. The second-order valence-corrected chi connectivity index (χ2v) is 8.01. The normalized spacial score (nSPS) is 19.1. The fourth-order valence-corrected chi connectivity index (χ4v) is 3.09. The number of alkyl halides is 1. The van der Waals surface area contributed by atoms with Crippen LogP contribution in [0.5, 0.6) is 5.75 Å². The summed E-state index contributed by atoms with van der Waals surface area (Å²) in [7, 11) is 0. The molecule has 3 rings (SSSR count). The van der Waals surface area contributed by atoms with Gasteiger partial charge in [0.15, 0.2) is 6.17 Å². The SMILES string of the molecule is CC(C)(C)OC(=O)N1CC[C@H](Oc2ccc(-c3ccnc(N)n3)cc2C#N)[C@H](F)C1. The number of carbonyl (C=O) groups excluding carboxylic acids is 1. The number of halogens is 1. The lowest BCUT2D eigenvalue weighted by Gasteiger charge is -2.35. The van der Waals surface area contributed by atoms with Crippen molar-refractivity contribution in [3.63, 3.8) is 0 Å². The highest BCUT2D eigenvalue weighted by Crippen LogP contribution is 2.29. The van der Waals surface area contributed by atoms with Crippen molar-refractivity contribution in [2.75, 3.05) is 18.8 Å². The molecule has 1 aromatic carbocycles. The number of aromatic nitrogens is 2. The third-order valence-electron chi connectivity index (χ3n) is 4.48. The molecule has 1 aliphatic rings. The van der Waals surface area contributed by atoms with E-state index in [4.69, 9.17) is 15.2 Å². The van der Waals surface area contributed by atoms with Gasteiger partial charge in [0.2, 0.25) is 5.95 Å². The average molecular weight is 413 g/mol. The maximum atomic E-state index is 14.7. The zero-order chi connectivity index (χ0) is 21.9. The molecule has 1 amide bonds. The molecule has 0 saturated carbocycles. The van der Waals surface area contributed by atoms with Gasteiger partial charge in [-0.3, -0.25) is 0 Å². The predicted octanol–water partition coefficient (Wildman–Crippen LogP) is 3.32. The molecule has 0 radical (unpaired) electrons. The Bertz CT molecular complexity index is 970. The van der Waals surface area contributed by atoms with E-state index < -0.39 is 24.0 Å². The third kappa shape index (κ3) is 5.14. The zero-order valence-electron chi connectivity index (χ0n) is 17.1. The molecule has 30 heavy (non-hydrogen) atoms.